The fraction of sp³-hybridized carbons (Fsp3) is 0.122. The van der Waals surface area contributed by atoms with Crippen LogP contribution >= 0.6 is 46.2 Å². The van der Waals surface area contributed by atoms with Crippen LogP contribution in [0.4, 0.5) is 0 Å². The average Bonchev–Trinajstić information content (AvgIpc) is 3.67. The zero-order valence-electron chi connectivity index (χ0n) is 25.1. The van der Waals surface area contributed by atoms with Gasteiger partial charge >= 0.3 is 0 Å². The fourth-order valence-corrected chi connectivity index (χ4v) is 11.7. The summed E-state index contributed by atoms with van der Waals surface area (Å²) in [7, 11) is 0. The molecule has 0 unspecified atom stereocenters. The Hall–Kier alpha value is -3.58. The lowest BCUT2D eigenvalue weighted by atomic mass is 9.91. The molecule has 2 aromatic heterocycles. The standard InChI is InChI=1S/C41H30OS4/c1-5-19-35(27(11-1)31-15-9-17-33-29-13-3-7-21-37(29)45-39(31)33)43-25-41(23-42-24-41)26-44-36-20-6-2-12-28(36)32-16-10-18-34-30-14-4-8-22-38(30)46-40(32)34/h1-22H,23-26H2. The molecule has 0 spiro atoms. The Bertz CT molecular complexity index is 2220. The third-order valence-corrected chi connectivity index (χ3v) is 14.3. The van der Waals surface area contributed by atoms with E-state index in [1.165, 1.54) is 72.4 Å². The van der Waals surface area contributed by atoms with Crippen LogP contribution in [0.2, 0.25) is 0 Å². The fourth-order valence-electron chi connectivity index (χ4n) is 6.61. The van der Waals surface area contributed by atoms with Gasteiger partial charge in [0.15, 0.2) is 0 Å². The molecule has 1 saturated heterocycles. The van der Waals surface area contributed by atoms with Crippen LogP contribution in [-0.4, -0.2) is 24.7 Å². The van der Waals surface area contributed by atoms with Gasteiger partial charge in [-0.25, -0.2) is 0 Å². The summed E-state index contributed by atoms with van der Waals surface area (Å²) in [6.07, 6.45) is 0. The van der Waals surface area contributed by atoms with Crippen molar-refractivity contribution >= 4 is 86.5 Å². The van der Waals surface area contributed by atoms with Crippen molar-refractivity contribution in [2.24, 2.45) is 5.41 Å². The number of thiophene rings is 2. The minimum absolute atomic E-state index is 0.142. The second-order valence-electron chi connectivity index (χ2n) is 12.1. The van der Waals surface area contributed by atoms with Gasteiger partial charge in [0, 0.05) is 78.2 Å². The molecule has 3 heterocycles. The second-order valence-corrected chi connectivity index (χ2v) is 16.3. The first-order valence-corrected chi connectivity index (χ1v) is 19.2. The van der Waals surface area contributed by atoms with Crippen molar-refractivity contribution in [2.45, 2.75) is 9.79 Å². The molecule has 0 atom stereocenters. The molecule has 9 rings (SSSR count). The molecule has 0 saturated carbocycles. The number of thioether (sulfide) groups is 2. The van der Waals surface area contributed by atoms with Crippen LogP contribution in [0.5, 0.6) is 0 Å². The minimum atomic E-state index is 0.142. The van der Waals surface area contributed by atoms with E-state index in [4.69, 9.17) is 4.74 Å². The van der Waals surface area contributed by atoms with E-state index in [0.717, 1.165) is 24.7 Å². The Morgan fingerprint density at radius 2 is 0.870 bits per heavy atom. The van der Waals surface area contributed by atoms with Gasteiger partial charge in [0.25, 0.3) is 0 Å². The summed E-state index contributed by atoms with van der Waals surface area (Å²) in [6.45, 7) is 1.63. The molecular weight excluding hydrogens is 637 g/mol. The molecule has 224 valence electrons. The van der Waals surface area contributed by atoms with Crippen molar-refractivity contribution in [2.75, 3.05) is 24.7 Å². The number of fused-ring (bicyclic) bond motifs is 6. The minimum Gasteiger partial charge on any atom is -0.380 e. The normalized spacial score (nSPS) is 14.3. The van der Waals surface area contributed by atoms with Crippen molar-refractivity contribution in [1.82, 2.24) is 0 Å². The molecule has 1 aliphatic heterocycles. The van der Waals surface area contributed by atoms with Gasteiger partial charge in [0.2, 0.25) is 0 Å². The van der Waals surface area contributed by atoms with E-state index < -0.39 is 0 Å². The monoisotopic (exact) mass is 666 g/mol. The molecule has 46 heavy (non-hydrogen) atoms. The first kappa shape index (κ1) is 28.6. The van der Waals surface area contributed by atoms with Crippen LogP contribution in [0.25, 0.3) is 62.6 Å². The third-order valence-electron chi connectivity index (χ3n) is 9.05. The van der Waals surface area contributed by atoms with Gasteiger partial charge in [-0.1, -0.05) is 109 Å². The van der Waals surface area contributed by atoms with Gasteiger partial charge in [-0.05, 0) is 35.4 Å². The number of rotatable bonds is 8. The van der Waals surface area contributed by atoms with Crippen LogP contribution in [0.3, 0.4) is 0 Å². The predicted molar refractivity (Wildman–Crippen MR) is 204 cm³/mol. The van der Waals surface area contributed by atoms with Crippen LogP contribution < -0.4 is 0 Å². The van der Waals surface area contributed by atoms with Crippen molar-refractivity contribution in [3.63, 3.8) is 0 Å². The molecule has 0 N–H and O–H groups in total. The Labute approximate surface area is 285 Å². The van der Waals surface area contributed by atoms with E-state index in [1.54, 1.807) is 0 Å². The molecule has 1 aliphatic rings. The van der Waals surface area contributed by atoms with Crippen LogP contribution in [0.15, 0.2) is 143 Å². The highest BCUT2D eigenvalue weighted by Crippen LogP contribution is 2.47. The largest absolute Gasteiger partial charge is 0.380 e. The molecule has 0 radical (unpaired) electrons. The van der Waals surface area contributed by atoms with E-state index >= 15 is 0 Å². The highest BCUT2D eigenvalue weighted by molar-refractivity contribution is 8.00. The molecule has 6 aromatic carbocycles. The maximum absolute atomic E-state index is 5.90. The number of ether oxygens (including phenoxy) is 1. The van der Waals surface area contributed by atoms with Gasteiger partial charge in [-0.15, -0.1) is 46.2 Å². The second kappa shape index (κ2) is 11.9. The predicted octanol–water partition coefficient (Wildman–Crippen LogP) is 12.7. The third kappa shape index (κ3) is 4.97. The number of hydrogen-bond acceptors (Lipinski definition) is 5. The van der Waals surface area contributed by atoms with Gasteiger partial charge in [0.1, 0.15) is 0 Å². The molecular formula is C41H30OS4. The van der Waals surface area contributed by atoms with E-state index in [2.05, 4.69) is 133 Å². The van der Waals surface area contributed by atoms with Crippen LogP contribution in [0.1, 0.15) is 0 Å². The van der Waals surface area contributed by atoms with E-state index in [0.29, 0.717) is 0 Å². The van der Waals surface area contributed by atoms with Gasteiger partial charge in [0.05, 0.1) is 13.2 Å². The number of benzene rings is 6. The highest BCUT2D eigenvalue weighted by atomic mass is 32.2. The zero-order valence-corrected chi connectivity index (χ0v) is 28.3. The quantitative estimate of drug-likeness (QED) is 0.149. The van der Waals surface area contributed by atoms with Gasteiger partial charge in [-0.2, -0.15) is 0 Å². The molecule has 1 nitrogen and oxygen atoms in total. The molecule has 0 amide bonds. The first-order chi connectivity index (χ1) is 22.8. The average molecular weight is 667 g/mol. The molecule has 8 aromatic rings. The highest BCUT2D eigenvalue weighted by Gasteiger charge is 2.39. The SMILES string of the molecule is c1ccc(-c2cccc3c2sc2ccccc23)c(SCC2(CSc3ccccc3-c3cccc4c3sc3ccccc34)COC2)c1. The Kier molecular flexibility index (Phi) is 7.40. The summed E-state index contributed by atoms with van der Waals surface area (Å²) >= 11 is 7.80. The molecule has 0 bridgehead atoms. The summed E-state index contributed by atoms with van der Waals surface area (Å²) in [6, 6.07) is 49.0. The topological polar surface area (TPSA) is 9.23 Å². The lowest BCUT2D eigenvalue weighted by molar-refractivity contribution is -0.0830. The summed E-state index contributed by atoms with van der Waals surface area (Å²) in [5.74, 6) is 2.07. The lowest BCUT2D eigenvalue weighted by Gasteiger charge is -2.41. The van der Waals surface area contributed by atoms with Crippen molar-refractivity contribution in [3.8, 4) is 22.3 Å². The van der Waals surface area contributed by atoms with Gasteiger partial charge in [-0.3, -0.25) is 0 Å². The Balaban J connectivity index is 0.994. The molecule has 1 fully saturated rings. The molecule has 0 aliphatic carbocycles. The summed E-state index contributed by atoms with van der Waals surface area (Å²) in [5.41, 5.74) is 5.46. The van der Waals surface area contributed by atoms with Crippen molar-refractivity contribution < 1.29 is 4.74 Å². The number of hydrogen-bond donors (Lipinski definition) is 0. The van der Waals surface area contributed by atoms with E-state index in [1.807, 2.05) is 46.2 Å². The zero-order chi connectivity index (χ0) is 30.5. The maximum Gasteiger partial charge on any atom is 0.0561 e. The van der Waals surface area contributed by atoms with Crippen molar-refractivity contribution in [3.05, 3.63) is 133 Å². The van der Waals surface area contributed by atoms with Gasteiger partial charge < -0.3 is 4.74 Å². The summed E-state index contributed by atoms with van der Waals surface area (Å²) in [5, 5.41) is 5.40. The van der Waals surface area contributed by atoms with Crippen molar-refractivity contribution in [1.29, 1.82) is 0 Å². The van der Waals surface area contributed by atoms with Crippen LogP contribution in [-0.2, 0) is 4.74 Å². The Morgan fingerprint density at radius 3 is 1.35 bits per heavy atom. The van der Waals surface area contributed by atoms with Crippen LogP contribution in [0, 0.1) is 5.41 Å². The van der Waals surface area contributed by atoms with E-state index in [9.17, 15) is 0 Å². The lowest BCUT2D eigenvalue weighted by Crippen LogP contribution is -2.46. The smallest absolute Gasteiger partial charge is 0.0561 e. The first-order valence-electron chi connectivity index (χ1n) is 15.6. The molecule has 5 heteroatoms. The summed E-state index contributed by atoms with van der Waals surface area (Å²) in [4.78, 5) is 2.70. The summed E-state index contributed by atoms with van der Waals surface area (Å²) < 4.78 is 11.4. The maximum atomic E-state index is 5.90. The van der Waals surface area contributed by atoms with E-state index in [-0.39, 0.29) is 5.41 Å². The Morgan fingerprint density at radius 1 is 0.457 bits per heavy atom.